The van der Waals surface area contributed by atoms with Crippen LogP contribution in [0, 0.1) is 6.92 Å². The first-order chi connectivity index (χ1) is 18.0. The van der Waals surface area contributed by atoms with E-state index in [9.17, 15) is 9.59 Å². The van der Waals surface area contributed by atoms with Crippen molar-refractivity contribution in [1.82, 2.24) is 4.57 Å². The summed E-state index contributed by atoms with van der Waals surface area (Å²) in [6, 6.07) is 30.5. The minimum absolute atomic E-state index is 0.0489. The highest BCUT2D eigenvalue weighted by atomic mass is 16.5. The van der Waals surface area contributed by atoms with Gasteiger partial charge in [-0.15, -0.1) is 0 Å². The Hall–Kier alpha value is -4.64. The number of carbonyl (C=O) groups is 2. The van der Waals surface area contributed by atoms with Crippen LogP contribution in [-0.4, -0.2) is 22.9 Å². The van der Waals surface area contributed by atoms with Crippen LogP contribution in [0.5, 0.6) is 11.5 Å². The van der Waals surface area contributed by atoms with Gasteiger partial charge in [0.2, 0.25) is 0 Å². The predicted molar refractivity (Wildman–Crippen MR) is 146 cm³/mol. The van der Waals surface area contributed by atoms with Gasteiger partial charge >= 0.3 is 5.97 Å². The zero-order chi connectivity index (χ0) is 25.9. The summed E-state index contributed by atoms with van der Waals surface area (Å²) in [4.78, 5) is 25.5. The summed E-state index contributed by atoms with van der Waals surface area (Å²) in [7, 11) is 0. The van der Waals surface area contributed by atoms with E-state index in [2.05, 4.69) is 0 Å². The maximum atomic E-state index is 12.9. The normalized spacial score (nSPS) is 10.9. The first-order valence-corrected chi connectivity index (χ1v) is 12.2. The molecule has 5 nitrogen and oxygen atoms in total. The van der Waals surface area contributed by atoms with Crippen LogP contribution in [-0.2, 0) is 0 Å². The second-order valence-electron chi connectivity index (χ2n) is 8.79. The monoisotopic (exact) mass is 489 g/mol. The second-order valence-corrected chi connectivity index (χ2v) is 8.79. The summed E-state index contributed by atoms with van der Waals surface area (Å²) in [6.45, 7) is 6.02. The molecule has 0 unspecified atom stereocenters. The number of nitrogens with zero attached hydrogens (tertiary/aromatic N) is 1. The summed E-state index contributed by atoms with van der Waals surface area (Å²) in [5.74, 6) is 0.673. The quantitative estimate of drug-likeness (QED) is 0.136. The number of hydrogen-bond acceptors (Lipinski definition) is 4. The van der Waals surface area contributed by atoms with Crippen LogP contribution >= 0.6 is 0 Å². The summed E-state index contributed by atoms with van der Waals surface area (Å²) in [5.41, 5.74) is 5.77. The Balaban J connectivity index is 1.46. The van der Waals surface area contributed by atoms with E-state index in [1.807, 2.05) is 91.2 Å². The molecule has 0 fully saturated rings. The molecule has 0 amide bonds. The average molecular weight is 490 g/mol. The molecule has 0 radical (unpaired) electrons. The van der Waals surface area contributed by atoms with Gasteiger partial charge in [0, 0.05) is 22.3 Å². The van der Waals surface area contributed by atoms with Crippen molar-refractivity contribution in [2.75, 3.05) is 6.61 Å². The van der Waals surface area contributed by atoms with Crippen molar-refractivity contribution in [3.63, 3.8) is 0 Å². The molecule has 5 heteroatoms. The molecular weight excluding hydrogens is 462 g/mol. The van der Waals surface area contributed by atoms with Crippen LogP contribution < -0.4 is 9.47 Å². The van der Waals surface area contributed by atoms with Gasteiger partial charge in [0.1, 0.15) is 11.5 Å². The van der Waals surface area contributed by atoms with E-state index in [1.54, 1.807) is 31.2 Å². The molecule has 0 N–H and O–H groups in total. The van der Waals surface area contributed by atoms with E-state index in [1.165, 1.54) is 0 Å². The van der Waals surface area contributed by atoms with E-state index < -0.39 is 5.97 Å². The molecule has 184 valence electrons. The van der Waals surface area contributed by atoms with Crippen LogP contribution in [0.1, 0.15) is 40.3 Å². The molecule has 0 aliphatic carbocycles. The zero-order valence-corrected chi connectivity index (χ0v) is 21.0. The molecule has 5 aromatic rings. The van der Waals surface area contributed by atoms with Gasteiger partial charge in [-0.3, -0.25) is 4.79 Å². The van der Waals surface area contributed by atoms with Crippen molar-refractivity contribution in [2.45, 2.75) is 20.8 Å². The molecule has 1 aromatic heterocycles. The fourth-order valence-electron chi connectivity index (χ4n) is 4.69. The first kappa shape index (κ1) is 24.1. The zero-order valence-electron chi connectivity index (χ0n) is 21.0. The van der Waals surface area contributed by atoms with Crippen molar-refractivity contribution < 1.29 is 19.1 Å². The Labute approximate surface area is 215 Å². The molecule has 0 saturated carbocycles. The third-order valence-corrected chi connectivity index (χ3v) is 6.37. The summed E-state index contributed by atoms with van der Waals surface area (Å²) >= 11 is 0. The Morgan fingerprint density at radius 2 is 1.43 bits per heavy atom. The van der Waals surface area contributed by atoms with Crippen LogP contribution in [0.2, 0.25) is 0 Å². The summed E-state index contributed by atoms with van der Waals surface area (Å²) < 4.78 is 13.3. The minimum Gasteiger partial charge on any atom is -0.494 e. The standard InChI is InChI=1S/C32H27NO4/c1-4-36-27-16-14-26(15-17-27)33-21(2)31(22(3)34)29-20-28(18-19-30(29)33)37-32(35)25-12-10-24(11-13-25)23-8-6-5-7-9-23/h5-20H,4H2,1-3H3. The number of Topliss-reactive ketones (excluding diaryl/α,β-unsaturated/α-hetero) is 1. The number of benzene rings is 4. The number of fused-ring (bicyclic) bond motifs is 1. The molecule has 5 rings (SSSR count). The van der Waals surface area contributed by atoms with E-state index in [0.717, 1.165) is 39.2 Å². The van der Waals surface area contributed by atoms with E-state index in [4.69, 9.17) is 9.47 Å². The number of ether oxygens (including phenoxy) is 2. The molecule has 1 heterocycles. The SMILES string of the molecule is CCOc1ccc(-n2c(C)c(C(C)=O)c3cc(OC(=O)c4ccc(-c5ccccc5)cc4)ccc32)cc1. The molecule has 0 saturated heterocycles. The van der Waals surface area contributed by atoms with Crippen molar-refractivity contribution in [1.29, 1.82) is 0 Å². The Bertz CT molecular complexity index is 1580. The molecule has 0 bridgehead atoms. The van der Waals surface area contributed by atoms with Crippen molar-refractivity contribution in [3.8, 4) is 28.3 Å². The van der Waals surface area contributed by atoms with Gasteiger partial charge in [0.15, 0.2) is 5.78 Å². The Morgan fingerprint density at radius 1 is 0.784 bits per heavy atom. The highest BCUT2D eigenvalue weighted by molar-refractivity contribution is 6.09. The highest BCUT2D eigenvalue weighted by Gasteiger charge is 2.20. The van der Waals surface area contributed by atoms with Gasteiger partial charge in [0.05, 0.1) is 17.7 Å². The van der Waals surface area contributed by atoms with E-state index in [-0.39, 0.29) is 5.78 Å². The molecule has 0 atom stereocenters. The molecule has 37 heavy (non-hydrogen) atoms. The lowest BCUT2D eigenvalue weighted by molar-refractivity contribution is 0.0735. The molecule has 4 aromatic carbocycles. The van der Waals surface area contributed by atoms with E-state index >= 15 is 0 Å². The third kappa shape index (κ3) is 4.76. The number of carbonyl (C=O) groups excluding carboxylic acids is 2. The lowest BCUT2D eigenvalue weighted by Gasteiger charge is -2.10. The molecule has 0 aliphatic rings. The summed E-state index contributed by atoms with van der Waals surface area (Å²) in [5, 5.41) is 0.739. The van der Waals surface area contributed by atoms with Gasteiger partial charge in [-0.05, 0) is 86.5 Å². The van der Waals surface area contributed by atoms with Crippen molar-refractivity contribution in [2.24, 2.45) is 0 Å². The maximum Gasteiger partial charge on any atom is 0.343 e. The van der Waals surface area contributed by atoms with Crippen LogP contribution in [0.4, 0.5) is 0 Å². The topological polar surface area (TPSA) is 57.5 Å². The third-order valence-electron chi connectivity index (χ3n) is 6.37. The highest BCUT2D eigenvalue weighted by Crippen LogP contribution is 2.33. The second kappa shape index (κ2) is 10.2. The average Bonchev–Trinajstić information content (AvgIpc) is 3.21. The smallest absolute Gasteiger partial charge is 0.343 e. The lowest BCUT2D eigenvalue weighted by Crippen LogP contribution is -2.08. The first-order valence-electron chi connectivity index (χ1n) is 12.2. The summed E-state index contributed by atoms with van der Waals surface area (Å²) in [6.07, 6.45) is 0. The van der Waals surface area contributed by atoms with Crippen LogP contribution in [0.25, 0.3) is 27.7 Å². The van der Waals surface area contributed by atoms with Crippen LogP contribution in [0.15, 0.2) is 97.1 Å². The van der Waals surface area contributed by atoms with Gasteiger partial charge < -0.3 is 14.0 Å². The fraction of sp³-hybridized carbons (Fsp3) is 0.125. The van der Waals surface area contributed by atoms with Gasteiger partial charge in [0.25, 0.3) is 0 Å². The van der Waals surface area contributed by atoms with Gasteiger partial charge in [-0.1, -0.05) is 42.5 Å². The number of aromatic nitrogens is 1. The number of ketones is 1. The fourth-order valence-corrected chi connectivity index (χ4v) is 4.69. The van der Waals surface area contributed by atoms with Crippen LogP contribution in [0.3, 0.4) is 0 Å². The van der Waals surface area contributed by atoms with Crippen molar-refractivity contribution >= 4 is 22.7 Å². The molecule has 0 aliphatic heterocycles. The van der Waals surface area contributed by atoms with Gasteiger partial charge in [-0.25, -0.2) is 4.79 Å². The Kier molecular flexibility index (Phi) is 6.60. The molecular formula is C32H27NO4. The largest absolute Gasteiger partial charge is 0.494 e. The number of rotatable bonds is 7. The van der Waals surface area contributed by atoms with Gasteiger partial charge in [-0.2, -0.15) is 0 Å². The molecule has 0 spiro atoms. The number of esters is 1. The van der Waals surface area contributed by atoms with E-state index in [0.29, 0.717) is 23.5 Å². The predicted octanol–water partition coefficient (Wildman–Crippen LogP) is 7.43. The van der Waals surface area contributed by atoms with Crippen molar-refractivity contribution in [3.05, 3.63) is 114 Å². The Morgan fingerprint density at radius 3 is 2.08 bits per heavy atom. The minimum atomic E-state index is -0.453. The maximum absolute atomic E-state index is 12.9. The lowest BCUT2D eigenvalue weighted by atomic mass is 10.0. The number of hydrogen-bond donors (Lipinski definition) is 0.